The van der Waals surface area contributed by atoms with Gasteiger partial charge in [-0.1, -0.05) is 18.2 Å². The van der Waals surface area contributed by atoms with Crippen LogP contribution in [0.1, 0.15) is 22.1 Å². The number of carbonyl (C=O) groups excluding carboxylic acids is 3. The van der Waals surface area contributed by atoms with E-state index in [0.717, 1.165) is 0 Å². The number of hydrogen-bond acceptors (Lipinski definition) is 4. The first kappa shape index (κ1) is 13.7. The molecule has 1 atom stereocenters. The predicted octanol–water partition coefficient (Wildman–Crippen LogP) is 1.21. The lowest BCUT2D eigenvalue weighted by Gasteiger charge is -2.09. The van der Waals surface area contributed by atoms with E-state index in [2.05, 4.69) is 20.9 Å². The van der Waals surface area contributed by atoms with Crippen LogP contribution in [0.5, 0.6) is 0 Å². The first-order valence-corrected chi connectivity index (χ1v) is 6.57. The third kappa shape index (κ3) is 2.78. The maximum absolute atomic E-state index is 12.0. The van der Waals surface area contributed by atoms with Crippen molar-refractivity contribution in [2.45, 2.75) is 6.04 Å². The first-order valence-electron chi connectivity index (χ1n) is 6.57. The van der Waals surface area contributed by atoms with Gasteiger partial charge in [0.05, 0.1) is 0 Å². The van der Waals surface area contributed by atoms with Crippen molar-refractivity contribution in [1.29, 1.82) is 0 Å². The molecule has 2 aromatic rings. The van der Waals surface area contributed by atoms with Gasteiger partial charge in [0.2, 0.25) is 0 Å². The smallest absolute Gasteiger partial charge is 0.322 e. The zero-order valence-electron chi connectivity index (χ0n) is 11.4. The van der Waals surface area contributed by atoms with E-state index in [1.165, 1.54) is 0 Å². The maximum atomic E-state index is 12.0. The molecule has 3 N–H and O–H groups in total. The van der Waals surface area contributed by atoms with Crippen LogP contribution < -0.4 is 16.0 Å². The molecule has 110 valence electrons. The Morgan fingerprint density at radius 1 is 1.09 bits per heavy atom. The van der Waals surface area contributed by atoms with Crippen molar-refractivity contribution in [3.8, 4) is 0 Å². The van der Waals surface area contributed by atoms with E-state index >= 15 is 0 Å². The quantitative estimate of drug-likeness (QED) is 0.741. The van der Waals surface area contributed by atoms with Gasteiger partial charge in [0.25, 0.3) is 11.8 Å². The Morgan fingerprint density at radius 2 is 1.86 bits per heavy atom. The molecule has 1 fully saturated rings. The Hall–Kier alpha value is -3.22. The number of carbonyl (C=O) groups is 3. The van der Waals surface area contributed by atoms with E-state index in [-0.39, 0.29) is 5.91 Å². The summed E-state index contributed by atoms with van der Waals surface area (Å²) in [5.74, 6) is -0.712. The highest BCUT2D eigenvalue weighted by Crippen LogP contribution is 2.19. The Morgan fingerprint density at radius 3 is 2.45 bits per heavy atom. The molecule has 0 saturated carbocycles. The number of amides is 4. The molecule has 1 aliphatic rings. The monoisotopic (exact) mass is 296 g/mol. The normalized spacial score (nSPS) is 16.8. The van der Waals surface area contributed by atoms with Gasteiger partial charge in [0, 0.05) is 11.9 Å². The molecule has 3 rings (SSSR count). The van der Waals surface area contributed by atoms with Crippen molar-refractivity contribution < 1.29 is 14.4 Å². The van der Waals surface area contributed by atoms with Gasteiger partial charge < -0.3 is 10.6 Å². The van der Waals surface area contributed by atoms with Crippen molar-refractivity contribution in [3.63, 3.8) is 0 Å². The highest BCUT2D eigenvalue weighted by molar-refractivity contribution is 6.05. The minimum atomic E-state index is -0.701. The number of benzene rings is 1. The second kappa shape index (κ2) is 5.65. The van der Waals surface area contributed by atoms with E-state index in [1.807, 2.05) is 0 Å². The summed E-state index contributed by atoms with van der Waals surface area (Å²) in [5, 5.41) is 7.38. The fraction of sp³-hybridized carbons (Fsp3) is 0.0667. The zero-order chi connectivity index (χ0) is 15.5. The molecule has 1 aromatic carbocycles. The van der Waals surface area contributed by atoms with Gasteiger partial charge in [-0.25, -0.2) is 4.79 Å². The third-order valence-corrected chi connectivity index (χ3v) is 3.17. The van der Waals surface area contributed by atoms with Gasteiger partial charge in [-0.2, -0.15) is 0 Å². The number of hydrogen-bond donors (Lipinski definition) is 3. The number of anilines is 1. The van der Waals surface area contributed by atoms with Gasteiger partial charge >= 0.3 is 6.03 Å². The summed E-state index contributed by atoms with van der Waals surface area (Å²) >= 11 is 0. The summed E-state index contributed by atoms with van der Waals surface area (Å²) in [6.45, 7) is 0. The Balaban J connectivity index is 1.71. The molecule has 7 nitrogen and oxygen atoms in total. The molecule has 0 bridgehead atoms. The standard InChI is InChI=1S/C15H12N4O3/c20-13(11-3-1-2-8-16-11)17-10-6-4-9(5-7-10)12-14(21)19-15(22)18-12/h1-8,12H,(H,17,20)(H2,18,19,21,22). The number of imide groups is 1. The van der Waals surface area contributed by atoms with Crippen LogP contribution in [0.2, 0.25) is 0 Å². The second-order valence-electron chi connectivity index (χ2n) is 4.69. The minimum absolute atomic E-state index is 0.314. The van der Waals surface area contributed by atoms with Crippen LogP contribution in [-0.2, 0) is 4.79 Å². The molecule has 1 saturated heterocycles. The predicted molar refractivity (Wildman–Crippen MR) is 78.0 cm³/mol. The summed E-state index contributed by atoms with van der Waals surface area (Å²) in [6, 6.07) is 10.5. The molecule has 0 spiro atoms. The fourth-order valence-electron chi connectivity index (χ4n) is 2.10. The summed E-state index contributed by atoms with van der Waals surface area (Å²) in [6.07, 6.45) is 1.54. The Bertz CT molecular complexity index is 728. The number of nitrogens with zero attached hydrogens (tertiary/aromatic N) is 1. The lowest BCUT2D eigenvalue weighted by molar-refractivity contribution is -0.120. The summed E-state index contributed by atoms with van der Waals surface area (Å²) in [7, 11) is 0. The number of nitrogens with one attached hydrogen (secondary N) is 3. The molecule has 0 radical (unpaired) electrons. The molecule has 0 aliphatic carbocycles. The second-order valence-corrected chi connectivity index (χ2v) is 4.69. The van der Waals surface area contributed by atoms with Crippen molar-refractivity contribution in [2.75, 3.05) is 5.32 Å². The van der Waals surface area contributed by atoms with E-state index in [0.29, 0.717) is 16.9 Å². The van der Waals surface area contributed by atoms with Gasteiger partial charge in [0.15, 0.2) is 0 Å². The first-order chi connectivity index (χ1) is 10.6. The van der Waals surface area contributed by atoms with Gasteiger partial charge in [-0.15, -0.1) is 0 Å². The van der Waals surface area contributed by atoms with Crippen LogP contribution in [0.4, 0.5) is 10.5 Å². The summed E-state index contributed by atoms with van der Waals surface area (Å²) in [4.78, 5) is 38.6. The lowest BCUT2D eigenvalue weighted by Crippen LogP contribution is -2.22. The van der Waals surface area contributed by atoms with Crippen LogP contribution in [0.15, 0.2) is 48.7 Å². The van der Waals surface area contributed by atoms with Gasteiger partial charge in [-0.3, -0.25) is 19.9 Å². The van der Waals surface area contributed by atoms with Crippen LogP contribution in [0.3, 0.4) is 0 Å². The van der Waals surface area contributed by atoms with E-state index in [9.17, 15) is 14.4 Å². The molecule has 1 unspecified atom stereocenters. The molecule has 7 heteroatoms. The van der Waals surface area contributed by atoms with Crippen LogP contribution in [0, 0.1) is 0 Å². The summed E-state index contributed by atoms with van der Waals surface area (Å²) < 4.78 is 0. The van der Waals surface area contributed by atoms with Crippen molar-refractivity contribution >= 4 is 23.5 Å². The number of rotatable bonds is 3. The average Bonchev–Trinajstić information content (AvgIpc) is 2.87. The average molecular weight is 296 g/mol. The lowest BCUT2D eigenvalue weighted by atomic mass is 10.1. The van der Waals surface area contributed by atoms with Crippen LogP contribution in [-0.4, -0.2) is 22.8 Å². The van der Waals surface area contributed by atoms with Crippen molar-refractivity contribution in [2.24, 2.45) is 0 Å². The van der Waals surface area contributed by atoms with Crippen molar-refractivity contribution in [1.82, 2.24) is 15.6 Å². The van der Waals surface area contributed by atoms with E-state index < -0.39 is 18.0 Å². The molecule has 2 heterocycles. The number of urea groups is 1. The van der Waals surface area contributed by atoms with Gasteiger partial charge in [-0.05, 0) is 29.8 Å². The highest BCUT2D eigenvalue weighted by Gasteiger charge is 2.30. The van der Waals surface area contributed by atoms with E-state index in [1.54, 1.807) is 48.7 Å². The van der Waals surface area contributed by atoms with Gasteiger partial charge in [0.1, 0.15) is 11.7 Å². The Labute approximate surface area is 125 Å². The molecule has 4 amide bonds. The number of pyridine rings is 1. The minimum Gasteiger partial charge on any atom is -0.322 e. The van der Waals surface area contributed by atoms with Crippen LogP contribution >= 0.6 is 0 Å². The Kier molecular flexibility index (Phi) is 3.53. The third-order valence-electron chi connectivity index (χ3n) is 3.17. The topological polar surface area (TPSA) is 100 Å². The van der Waals surface area contributed by atoms with E-state index in [4.69, 9.17) is 0 Å². The maximum Gasteiger partial charge on any atom is 0.322 e. The molecule has 22 heavy (non-hydrogen) atoms. The highest BCUT2D eigenvalue weighted by atomic mass is 16.2. The summed E-state index contributed by atoms with van der Waals surface area (Å²) in [5.41, 5.74) is 1.53. The van der Waals surface area contributed by atoms with Crippen LogP contribution in [0.25, 0.3) is 0 Å². The molecular formula is C15H12N4O3. The largest absolute Gasteiger partial charge is 0.322 e. The SMILES string of the molecule is O=C1NC(=O)C(c2ccc(NC(=O)c3ccccn3)cc2)N1. The molecule has 1 aromatic heterocycles. The van der Waals surface area contributed by atoms with Crippen molar-refractivity contribution in [3.05, 3.63) is 59.9 Å². The number of aromatic nitrogens is 1. The molecular weight excluding hydrogens is 284 g/mol. The molecule has 1 aliphatic heterocycles. The zero-order valence-corrected chi connectivity index (χ0v) is 11.4. The fourth-order valence-corrected chi connectivity index (χ4v) is 2.10.